The maximum Gasteiger partial charge on any atom is 0.573 e. The van der Waals surface area contributed by atoms with Crippen LogP contribution in [0.2, 0.25) is 0 Å². The molecule has 1 amide bonds. The zero-order valence-corrected chi connectivity index (χ0v) is 13.8. The van der Waals surface area contributed by atoms with Crippen molar-refractivity contribution in [2.24, 2.45) is 0 Å². The van der Waals surface area contributed by atoms with E-state index in [9.17, 15) is 22.8 Å². The lowest BCUT2D eigenvalue weighted by Crippen LogP contribution is -2.21. The normalized spacial score (nSPS) is 10.9. The van der Waals surface area contributed by atoms with Gasteiger partial charge in [0.2, 0.25) is 0 Å². The molecule has 0 unspecified atom stereocenters. The van der Waals surface area contributed by atoms with Crippen LogP contribution in [0, 0.1) is 6.92 Å². The van der Waals surface area contributed by atoms with Crippen molar-refractivity contribution in [1.29, 1.82) is 0 Å². The minimum Gasteiger partial charge on any atom is -0.455 e. The standard InChI is InChI=1S/C18H16F3NO4/c1-12-4-2-3-5-13(12)10-17(24)25-11-16(23)22-14-6-8-15(9-7-14)26-18(19,20)21/h2-9H,10-11H2,1H3,(H,22,23). The Hall–Kier alpha value is -3.03. The molecule has 0 saturated carbocycles. The highest BCUT2D eigenvalue weighted by Gasteiger charge is 2.30. The highest BCUT2D eigenvalue weighted by molar-refractivity contribution is 5.92. The number of nitrogens with one attached hydrogen (secondary N) is 1. The van der Waals surface area contributed by atoms with E-state index in [1.807, 2.05) is 19.1 Å². The number of carbonyl (C=O) groups excluding carboxylic acids is 2. The van der Waals surface area contributed by atoms with Gasteiger partial charge in [0.25, 0.3) is 5.91 Å². The van der Waals surface area contributed by atoms with Crippen LogP contribution < -0.4 is 10.1 Å². The summed E-state index contributed by atoms with van der Waals surface area (Å²) in [5, 5.41) is 2.41. The van der Waals surface area contributed by atoms with E-state index in [-0.39, 0.29) is 12.1 Å². The van der Waals surface area contributed by atoms with Gasteiger partial charge < -0.3 is 14.8 Å². The highest BCUT2D eigenvalue weighted by atomic mass is 19.4. The molecular weight excluding hydrogens is 351 g/mol. The van der Waals surface area contributed by atoms with Gasteiger partial charge in [0.1, 0.15) is 5.75 Å². The van der Waals surface area contributed by atoms with Gasteiger partial charge in [-0.15, -0.1) is 13.2 Å². The predicted octanol–water partition coefficient (Wildman–Crippen LogP) is 3.62. The summed E-state index contributed by atoms with van der Waals surface area (Å²) in [6.45, 7) is 1.37. The van der Waals surface area contributed by atoms with Crippen molar-refractivity contribution < 1.29 is 32.2 Å². The third-order valence-electron chi connectivity index (χ3n) is 3.33. The van der Waals surface area contributed by atoms with E-state index in [4.69, 9.17) is 4.74 Å². The van der Waals surface area contributed by atoms with Crippen LogP contribution in [0.15, 0.2) is 48.5 Å². The molecule has 0 fully saturated rings. The maximum absolute atomic E-state index is 12.1. The summed E-state index contributed by atoms with van der Waals surface area (Å²) in [6.07, 6.45) is -4.74. The predicted molar refractivity (Wildman–Crippen MR) is 87.6 cm³/mol. The molecule has 0 heterocycles. The van der Waals surface area contributed by atoms with Crippen LogP contribution >= 0.6 is 0 Å². The maximum atomic E-state index is 12.1. The number of hydrogen-bond acceptors (Lipinski definition) is 4. The largest absolute Gasteiger partial charge is 0.573 e. The summed E-state index contributed by atoms with van der Waals surface area (Å²) >= 11 is 0. The fourth-order valence-corrected chi connectivity index (χ4v) is 2.10. The minimum atomic E-state index is -4.78. The Morgan fingerprint density at radius 3 is 2.31 bits per heavy atom. The first kappa shape index (κ1) is 19.3. The average molecular weight is 367 g/mol. The molecule has 0 aliphatic rings. The lowest BCUT2D eigenvalue weighted by Gasteiger charge is -2.10. The first-order valence-corrected chi connectivity index (χ1v) is 7.59. The van der Waals surface area contributed by atoms with Gasteiger partial charge in [-0.3, -0.25) is 9.59 Å². The summed E-state index contributed by atoms with van der Waals surface area (Å²) in [4.78, 5) is 23.5. The Labute approximate surface area is 147 Å². The van der Waals surface area contributed by atoms with Crippen LogP contribution in [0.5, 0.6) is 5.75 Å². The van der Waals surface area contributed by atoms with Gasteiger partial charge in [-0.05, 0) is 42.3 Å². The van der Waals surface area contributed by atoms with Gasteiger partial charge in [0.15, 0.2) is 6.61 Å². The number of hydrogen-bond donors (Lipinski definition) is 1. The number of esters is 1. The Bertz CT molecular complexity index is 773. The molecular formula is C18H16F3NO4. The van der Waals surface area contributed by atoms with Gasteiger partial charge >= 0.3 is 12.3 Å². The zero-order chi connectivity index (χ0) is 19.2. The lowest BCUT2D eigenvalue weighted by atomic mass is 10.1. The molecule has 2 aromatic carbocycles. The van der Waals surface area contributed by atoms with Crippen molar-refractivity contribution in [1.82, 2.24) is 0 Å². The molecule has 138 valence electrons. The number of halogens is 3. The van der Waals surface area contributed by atoms with Gasteiger partial charge in [-0.2, -0.15) is 0 Å². The number of ether oxygens (including phenoxy) is 2. The smallest absolute Gasteiger partial charge is 0.455 e. The molecule has 0 radical (unpaired) electrons. The van der Waals surface area contributed by atoms with E-state index < -0.39 is 30.6 Å². The van der Waals surface area contributed by atoms with E-state index in [1.54, 1.807) is 12.1 Å². The second kappa shape index (κ2) is 8.37. The van der Waals surface area contributed by atoms with Crippen molar-refractivity contribution in [3.05, 3.63) is 59.7 Å². The van der Waals surface area contributed by atoms with E-state index >= 15 is 0 Å². The molecule has 26 heavy (non-hydrogen) atoms. The van der Waals surface area contributed by atoms with Gasteiger partial charge in [0.05, 0.1) is 6.42 Å². The summed E-state index contributed by atoms with van der Waals surface area (Å²) < 4.78 is 44.8. The number of anilines is 1. The van der Waals surface area contributed by atoms with Crippen molar-refractivity contribution >= 4 is 17.6 Å². The van der Waals surface area contributed by atoms with Crippen LogP contribution in [0.3, 0.4) is 0 Å². The molecule has 2 rings (SSSR count). The van der Waals surface area contributed by atoms with Gasteiger partial charge in [-0.25, -0.2) is 0 Å². The Kier molecular flexibility index (Phi) is 6.21. The molecule has 1 N–H and O–H groups in total. The van der Waals surface area contributed by atoms with Crippen molar-refractivity contribution in [3.63, 3.8) is 0 Å². The number of benzene rings is 2. The van der Waals surface area contributed by atoms with Crippen molar-refractivity contribution in [3.8, 4) is 5.75 Å². The molecule has 0 aliphatic heterocycles. The molecule has 8 heteroatoms. The zero-order valence-electron chi connectivity index (χ0n) is 13.8. The van der Waals surface area contributed by atoms with Crippen LogP contribution in [0.1, 0.15) is 11.1 Å². The van der Waals surface area contributed by atoms with Crippen LogP contribution in [0.4, 0.5) is 18.9 Å². The van der Waals surface area contributed by atoms with E-state index in [0.717, 1.165) is 23.3 Å². The molecule has 0 atom stereocenters. The fourth-order valence-electron chi connectivity index (χ4n) is 2.10. The molecule has 2 aromatic rings. The highest BCUT2D eigenvalue weighted by Crippen LogP contribution is 2.23. The first-order valence-electron chi connectivity index (χ1n) is 7.59. The number of alkyl halides is 3. The SMILES string of the molecule is Cc1ccccc1CC(=O)OCC(=O)Nc1ccc(OC(F)(F)F)cc1. The fraction of sp³-hybridized carbons (Fsp3) is 0.222. The Balaban J connectivity index is 1.79. The summed E-state index contributed by atoms with van der Waals surface area (Å²) in [5.74, 6) is -1.56. The topological polar surface area (TPSA) is 64.6 Å². The third-order valence-corrected chi connectivity index (χ3v) is 3.33. The van der Waals surface area contributed by atoms with Crippen molar-refractivity contribution in [2.45, 2.75) is 19.7 Å². The van der Waals surface area contributed by atoms with Crippen LogP contribution in [-0.4, -0.2) is 24.8 Å². The van der Waals surface area contributed by atoms with E-state index in [2.05, 4.69) is 10.1 Å². The summed E-state index contributed by atoms with van der Waals surface area (Å²) in [6, 6.07) is 11.9. The van der Waals surface area contributed by atoms with E-state index in [1.165, 1.54) is 12.1 Å². The van der Waals surface area contributed by atoms with E-state index in [0.29, 0.717) is 0 Å². The second-order valence-corrected chi connectivity index (χ2v) is 5.38. The molecule has 5 nitrogen and oxygen atoms in total. The van der Waals surface area contributed by atoms with Gasteiger partial charge in [0, 0.05) is 5.69 Å². The number of carbonyl (C=O) groups is 2. The van der Waals surface area contributed by atoms with Crippen LogP contribution in [0.25, 0.3) is 0 Å². The summed E-state index contributed by atoms with van der Waals surface area (Å²) in [7, 11) is 0. The number of aryl methyl sites for hydroxylation is 1. The third kappa shape index (κ3) is 6.46. The molecule has 0 spiro atoms. The van der Waals surface area contributed by atoms with Crippen molar-refractivity contribution in [2.75, 3.05) is 11.9 Å². The Morgan fingerprint density at radius 2 is 1.69 bits per heavy atom. The van der Waals surface area contributed by atoms with Crippen LogP contribution in [-0.2, 0) is 20.7 Å². The molecule has 0 saturated heterocycles. The van der Waals surface area contributed by atoms with Gasteiger partial charge in [-0.1, -0.05) is 24.3 Å². The minimum absolute atomic E-state index is 0.0451. The number of amides is 1. The Morgan fingerprint density at radius 1 is 1.04 bits per heavy atom. The number of rotatable bonds is 6. The average Bonchev–Trinajstić information content (AvgIpc) is 2.56. The molecule has 0 aliphatic carbocycles. The second-order valence-electron chi connectivity index (χ2n) is 5.38. The first-order chi connectivity index (χ1) is 12.2. The monoisotopic (exact) mass is 367 g/mol. The quantitative estimate of drug-likeness (QED) is 0.792. The molecule has 0 aromatic heterocycles. The summed E-state index contributed by atoms with van der Waals surface area (Å²) in [5.41, 5.74) is 1.99. The molecule has 0 bridgehead atoms. The lowest BCUT2D eigenvalue weighted by molar-refractivity contribution is -0.274.